The van der Waals surface area contributed by atoms with Crippen LogP contribution in [0, 0.1) is 0 Å². The van der Waals surface area contributed by atoms with Gasteiger partial charge in [-0.1, -0.05) is 127 Å². The van der Waals surface area contributed by atoms with Crippen molar-refractivity contribution < 1.29 is 0 Å². The highest BCUT2D eigenvalue weighted by Gasteiger charge is 2.43. The highest BCUT2D eigenvalue weighted by Crippen LogP contribution is 2.32. The first-order chi connectivity index (χ1) is 21.9. The zero-order chi connectivity index (χ0) is 29.3. The van der Waals surface area contributed by atoms with E-state index < -0.39 is 8.07 Å². The van der Waals surface area contributed by atoms with Crippen molar-refractivity contribution in [3.63, 3.8) is 0 Å². The third-order valence-electron chi connectivity index (χ3n) is 9.06. The van der Waals surface area contributed by atoms with Crippen molar-refractivity contribution >= 4 is 56.2 Å². The van der Waals surface area contributed by atoms with Crippen molar-refractivity contribution in [3.8, 4) is 5.69 Å². The van der Waals surface area contributed by atoms with Crippen LogP contribution in [0.15, 0.2) is 170 Å². The fourth-order valence-electron chi connectivity index (χ4n) is 7.16. The number of allylic oxidation sites excluding steroid dienone is 4. The zero-order valence-corrected chi connectivity index (χ0v) is 25.5. The highest BCUT2D eigenvalue weighted by molar-refractivity contribution is 7.20. The van der Waals surface area contributed by atoms with Crippen molar-refractivity contribution in [3.05, 3.63) is 176 Å². The van der Waals surface area contributed by atoms with E-state index in [-0.39, 0.29) is 0 Å². The Bertz CT molecular complexity index is 2120. The molecule has 7 aromatic rings. The average molecular weight is 581 g/mol. The van der Waals surface area contributed by atoms with Crippen LogP contribution < -0.4 is 20.7 Å². The Morgan fingerprint density at radius 1 is 0.568 bits per heavy atom. The molecule has 1 aliphatic rings. The van der Waals surface area contributed by atoms with Gasteiger partial charge in [-0.15, -0.1) is 0 Å². The Kier molecular flexibility index (Phi) is 6.66. The summed E-state index contributed by atoms with van der Waals surface area (Å²) < 4.78 is 2.40. The van der Waals surface area contributed by atoms with Crippen LogP contribution in [0.2, 0.25) is 0 Å². The summed E-state index contributed by atoms with van der Waals surface area (Å²) in [7, 11) is -2.85. The van der Waals surface area contributed by atoms with Crippen molar-refractivity contribution in [2.75, 3.05) is 0 Å². The van der Waals surface area contributed by atoms with Crippen LogP contribution in [0.1, 0.15) is 18.4 Å². The molecule has 0 aliphatic heterocycles. The molecule has 0 spiro atoms. The largest absolute Gasteiger partial charge is 0.309 e. The molecule has 0 radical (unpaired) electrons. The standard InChI is InChI=1S/C41H32N2Si/c1-5-15-31(16-6-1)36-27-28-42-30-41(36)44(33-19-9-3-10-20-33,34-21-11-4-12-22-34)35-25-26-40-38(29-35)37-23-13-14-24-39(37)43(40)32-17-7-2-8-18-32/h2-5,7-30H,1,6H2. The van der Waals surface area contributed by atoms with E-state index in [1.54, 1.807) is 0 Å². The Morgan fingerprint density at radius 3 is 1.93 bits per heavy atom. The molecule has 2 heterocycles. The van der Waals surface area contributed by atoms with Gasteiger partial charge in [0.15, 0.2) is 8.07 Å². The Hall–Kier alpha value is -5.25. The van der Waals surface area contributed by atoms with E-state index in [2.05, 4.69) is 169 Å². The summed E-state index contributed by atoms with van der Waals surface area (Å²) in [5.41, 5.74) is 6.18. The number of pyridine rings is 1. The molecule has 44 heavy (non-hydrogen) atoms. The molecule has 1 aliphatic carbocycles. The maximum atomic E-state index is 4.82. The van der Waals surface area contributed by atoms with Crippen molar-refractivity contribution in [2.24, 2.45) is 0 Å². The smallest absolute Gasteiger partial charge is 0.181 e. The molecule has 0 N–H and O–H groups in total. The molecule has 5 aromatic carbocycles. The third kappa shape index (κ3) is 4.20. The van der Waals surface area contributed by atoms with Gasteiger partial charge in [-0.2, -0.15) is 0 Å². The van der Waals surface area contributed by atoms with E-state index in [1.165, 1.54) is 59.4 Å². The van der Waals surface area contributed by atoms with E-state index in [9.17, 15) is 0 Å². The molecule has 2 aromatic heterocycles. The van der Waals surface area contributed by atoms with Crippen LogP contribution in [-0.4, -0.2) is 17.6 Å². The zero-order valence-electron chi connectivity index (χ0n) is 24.5. The Balaban J connectivity index is 1.51. The Morgan fingerprint density at radius 2 is 1.23 bits per heavy atom. The maximum Gasteiger partial charge on any atom is 0.181 e. The minimum Gasteiger partial charge on any atom is -0.309 e. The van der Waals surface area contributed by atoms with Gasteiger partial charge in [-0.05, 0) is 75.1 Å². The molecule has 0 atom stereocenters. The van der Waals surface area contributed by atoms with E-state index in [0.29, 0.717) is 0 Å². The van der Waals surface area contributed by atoms with Gasteiger partial charge in [-0.3, -0.25) is 4.98 Å². The van der Waals surface area contributed by atoms with Crippen molar-refractivity contribution in [1.82, 2.24) is 9.55 Å². The van der Waals surface area contributed by atoms with Crippen molar-refractivity contribution in [2.45, 2.75) is 12.8 Å². The molecule has 0 saturated heterocycles. The van der Waals surface area contributed by atoms with E-state index in [4.69, 9.17) is 4.98 Å². The van der Waals surface area contributed by atoms with Crippen LogP contribution in [0.4, 0.5) is 0 Å². The highest BCUT2D eigenvalue weighted by atomic mass is 28.3. The fourth-order valence-corrected chi connectivity index (χ4v) is 12.1. The predicted molar refractivity (Wildman–Crippen MR) is 189 cm³/mol. The summed E-state index contributed by atoms with van der Waals surface area (Å²) in [6.07, 6.45) is 13.3. The molecule has 0 saturated carbocycles. The van der Waals surface area contributed by atoms with Crippen LogP contribution in [-0.2, 0) is 0 Å². The van der Waals surface area contributed by atoms with E-state index >= 15 is 0 Å². The minimum atomic E-state index is -2.85. The molecule has 210 valence electrons. The number of nitrogens with zero attached hydrogens (tertiary/aromatic N) is 2. The van der Waals surface area contributed by atoms with Crippen LogP contribution in [0.5, 0.6) is 0 Å². The summed E-state index contributed by atoms with van der Waals surface area (Å²) in [5, 5.41) is 7.92. The lowest BCUT2D eigenvalue weighted by molar-refractivity contribution is 1.04. The summed E-state index contributed by atoms with van der Waals surface area (Å²) in [6, 6.07) is 51.3. The van der Waals surface area contributed by atoms with Gasteiger partial charge in [0.25, 0.3) is 0 Å². The lowest BCUT2D eigenvalue weighted by Crippen LogP contribution is -2.75. The van der Waals surface area contributed by atoms with Crippen LogP contribution >= 0.6 is 0 Å². The maximum absolute atomic E-state index is 4.82. The number of hydrogen-bond acceptors (Lipinski definition) is 1. The lowest BCUT2D eigenvalue weighted by atomic mass is 10.0. The molecular formula is C41H32N2Si. The second kappa shape index (κ2) is 11.1. The van der Waals surface area contributed by atoms with Crippen molar-refractivity contribution in [1.29, 1.82) is 0 Å². The first-order valence-corrected chi connectivity index (χ1v) is 17.4. The normalized spacial score (nSPS) is 13.3. The summed E-state index contributed by atoms with van der Waals surface area (Å²) in [6.45, 7) is 0. The number of benzene rings is 5. The first-order valence-electron chi connectivity index (χ1n) is 15.4. The molecule has 8 rings (SSSR count). The summed E-state index contributed by atoms with van der Waals surface area (Å²) >= 11 is 0. The molecule has 0 bridgehead atoms. The topological polar surface area (TPSA) is 17.8 Å². The second-order valence-corrected chi connectivity index (χ2v) is 15.2. The molecular weight excluding hydrogens is 549 g/mol. The fraction of sp³-hybridized carbons (Fsp3) is 0.0488. The van der Waals surface area contributed by atoms with Gasteiger partial charge < -0.3 is 4.57 Å². The van der Waals surface area contributed by atoms with Gasteiger partial charge in [0.2, 0.25) is 0 Å². The quantitative estimate of drug-likeness (QED) is 0.149. The SMILES string of the molecule is C1=CC(c2ccncc2[Si](c2ccccc2)(c2ccccc2)c2ccc3c(c2)c2ccccc2n3-c2ccccc2)=CCC1. The number of para-hydroxylation sites is 2. The van der Waals surface area contributed by atoms with Gasteiger partial charge >= 0.3 is 0 Å². The van der Waals surface area contributed by atoms with Gasteiger partial charge in [0, 0.05) is 28.9 Å². The van der Waals surface area contributed by atoms with Crippen LogP contribution in [0.3, 0.4) is 0 Å². The minimum absolute atomic E-state index is 1.06. The predicted octanol–water partition coefficient (Wildman–Crippen LogP) is 7.29. The number of fused-ring (bicyclic) bond motifs is 3. The Labute approximate surface area is 259 Å². The van der Waals surface area contributed by atoms with E-state index in [1.807, 2.05) is 6.20 Å². The molecule has 0 fully saturated rings. The summed E-state index contributed by atoms with van der Waals surface area (Å²) in [4.78, 5) is 4.82. The summed E-state index contributed by atoms with van der Waals surface area (Å²) in [5.74, 6) is 0. The van der Waals surface area contributed by atoms with Gasteiger partial charge in [0.1, 0.15) is 0 Å². The van der Waals surface area contributed by atoms with Gasteiger partial charge in [0.05, 0.1) is 11.0 Å². The molecule has 0 unspecified atom stereocenters. The van der Waals surface area contributed by atoms with Gasteiger partial charge in [-0.25, -0.2) is 0 Å². The molecule has 2 nitrogen and oxygen atoms in total. The number of hydrogen-bond donors (Lipinski definition) is 0. The van der Waals surface area contributed by atoms with E-state index in [0.717, 1.165) is 12.8 Å². The molecule has 0 amide bonds. The van der Waals surface area contributed by atoms with Crippen LogP contribution in [0.25, 0.3) is 33.1 Å². The molecule has 3 heteroatoms. The lowest BCUT2D eigenvalue weighted by Gasteiger charge is -2.36. The monoisotopic (exact) mass is 580 g/mol. The average Bonchev–Trinajstić information content (AvgIpc) is 3.44. The first kappa shape index (κ1) is 26.4. The number of rotatable bonds is 6. The second-order valence-electron chi connectivity index (χ2n) is 11.5. The number of aromatic nitrogens is 2. The third-order valence-corrected chi connectivity index (χ3v) is 13.8.